The first-order valence-corrected chi connectivity index (χ1v) is 9.60. The molecule has 27 heavy (non-hydrogen) atoms. The lowest BCUT2D eigenvalue weighted by atomic mass is 9.92. The summed E-state index contributed by atoms with van der Waals surface area (Å²) in [5.74, 6) is 3.41. The zero-order chi connectivity index (χ0) is 18.6. The molecule has 5 heterocycles. The van der Waals surface area contributed by atoms with Gasteiger partial charge in [-0.3, -0.25) is 0 Å². The molecular formula is C20H25N7. The summed E-state index contributed by atoms with van der Waals surface area (Å²) < 4.78 is 1.85. The molecule has 0 saturated carbocycles. The minimum absolute atomic E-state index is 0.0434. The first-order valence-electron chi connectivity index (χ1n) is 9.60. The van der Waals surface area contributed by atoms with Crippen LogP contribution in [-0.2, 0) is 5.41 Å². The Kier molecular flexibility index (Phi) is 3.60. The van der Waals surface area contributed by atoms with E-state index >= 15 is 0 Å². The van der Waals surface area contributed by atoms with Gasteiger partial charge < -0.3 is 9.80 Å². The number of hydrogen-bond donors (Lipinski definition) is 0. The molecule has 2 aliphatic rings. The highest BCUT2D eigenvalue weighted by Crippen LogP contribution is 2.35. The molecular weight excluding hydrogens is 338 g/mol. The van der Waals surface area contributed by atoms with E-state index in [4.69, 9.17) is 5.10 Å². The van der Waals surface area contributed by atoms with E-state index in [0.717, 1.165) is 49.2 Å². The number of fused-ring (bicyclic) bond motifs is 2. The Bertz CT molecular complexity index is 960. The highest BCUT2D eigenvalue weighted by molar-refractivity contribution is 5.48. The lowest BCUT2D eigenvalue weighted by Gasteiger charge is -2.24. The number of anilines is 2. The van der Waals surface area contributed by atoms with E-state index in [9.17, 15) is 0 Å². The molecule has 5 rings (SSSR count). The Labute approximate surface area is 159 Å². The van der Waals surface area contributed by atoms with Crippen molar-refractivity contribution in [3.63, 3.8) is 0 Å². The van der Waals surface area contributed by atoms with Gasteiger partial charge in [0.05, 0.1) is 5.69 Å². The monoisotopic (exact) mass is 363 g/mol. The van der Waals surface area contributed by atoms with Gasteiger partial charge in [0.2, 0.25) is 0 Å². The highest BCUT2D eigenvalue weighted by atomic mass is 15.3. The van der Waals surface area contributed by atoms with Crippen molar-refractivity contribution in [2.75, 3.05) is 36.0 Å². The van der Waals surface area contributed by atoms with Gasteiger partial charge >= 0.3 is 0 Å². The van der Waals surface area contributed by atoms with Crippen LogP contribution < -0.4 is 9.80 Å². The molecule has 7 nitrogen and oxygen atoms in total. The SMILES string of the molecule is CC(C)(C)c1cc(N2CC3CN(c4ccc5nccn5n4)CC3C2)ncn1. The lowest BCUT2D eigenvalue weighted by Crippen LogP contribution is -2.30. The van der Waals surface area contributed by atoms with Crippen LogP contribution in [0.1, 0.15) is 26.5 Å². The molecule has 2 atom stereocenters. The minimum atomic E-state index is 0.0434. The van der Waals surface area contributed by atoms with Crippen LogP contribution in [0.25, 0.3) is 5.65 Å². The van der Waals surface area contributed by atoms with Crippen molar-refractivity contribution in [3.05, 3.63) is 42.6 Å². The zero-order valence-corrected chi connectivity index (χ0v) is 16.1. The summed E-state index contributed by atoms with van der Waals surface area (Å²) >= 11 is 0. The van der Waals surface area contributed by atoms with Crippen molar-refractivity contribution >= 4 is 17.3 Å². The Morgan fingerprint density at radius 2 is 1.59 bits per heavy atom. The Morgan fingerprint density at radius 3 is 2.30 bits per heavy atom. The van der Waals surface area contributed by atoms with Gasteiger partial charge in [-0.05, 0) is 12.1 Å². The lowest BCUT2D eigenvalue weighted by molar-refractivity contribution is 0.533. The van der Waals surface area contributed by atoms with Crippen LogP contribution in [0, 0.1) is 11.8 Å². The summed E-state index contributed by atoms with van der Waals surface area (Å²) in [6, 6.07) is 6.28. The third kappa shape index (κ3) is 2.91. The summed E-state index contributed by atoms with van der Waals surface area (Å²) in [7, 11) is 0. The first-order chi connectivity index (χ1) is 13.0. The maximum Gasteiger partial charge on any atom is 0.153 e. The van der Waals surface area contributed by atoms with Crippen molar-refractivity contribution in [2.45, 2.75) is 26.2 Å². The van der Waals surface area contributed by atoms with Crippen molar-refractivity contribution in [1.82, 2.24) is 24.6 Å². The van der Waals surface area contributed by atoms with Crippen LogP contribution in [-0.4, -0.2) is 50.7 Å². The second-order valence-corrected chi connectivity index (χ2v) is 8.76. The van der Waals surface area contributed by atoms with E-state index in [-0.39, 0.29) is 5.41 Å². The zero-order valence-electron chi connectivity index (χ0n) is 16.1. The topological polar surface area (TPSA) is 62.5 Å². The fraction of sp³-hybridized carbons (Fsp3) is 0.500. The Hall–Kier alpha value is -2.70. The predicted octanol–water partition coefficient (Wildman–Crippen LogP) is 2.39. The highest BCUT2D eigenvalue weighted by Gasteiger charge is 2.41. The maximum absolute atomic E-state index is 4.71. The van der Waals surface area contributed by atoms with Crippen LogP contribution in [0.5, 0.6) is 0 Å². The summed E-state index contributed by atoms with van der Waals surface area (Å²) in [6.07, 6.45) is 5.40. The first kappa shape index (κ1) is 16.5. The van der Waals surface area contributed by atoms with Crippen LogP contribution in [0.4, 0.5) is 11.6 Å². The third-order valence-corrected chi connectivity index (χ3v) is 5.80. The minimum Gasteiger partial charge on any atom is -0.356 e. The summed E-state index contributed by atoms with van der Waals surface area (Å²) in [6.45, 7) is 10.8. The summed E-state index contributed by atoms with van der Waals surface area (Å²) in [4.78, 5) is 18.1. The number of rotatable bonds is 2. The van der Waals surface area contributed by atoms with Gasteiger partial charge in [0.25, 0.3) is 0 Å². The molecule has 3 aromatic rings. The van der Waals surface area contributed by atoms with E-state index in [1.165, 1.54) is 0 Å². The molecule has 2 aliphatic heterocycles. The molecule has 0 bridgehead atoms. The molecule has 7 heteroatoms. The smallest absolute Gasteiger partial charge is 0.153 e. The molecule has 2 saturated heterocycles. The van der Waals surface area contributed by atoms with E-state index < -0.39 is 0 Å². The molecule has 0 spiro atoms. The molecule has 0 N–H and O–H groups in total. The Morgan fingerprint density at radius 1 is 0.889 bits per heavy atom. The second kappa shape index (κ2) is 5.90. The molecule has 0 aromatic carbocycles. The van der Waals surface area contributed by atoms with Gasteiger partial charge in [-0.1, -0.05) is 20.8 Å². The average Bonchev–Trinajstić information content (AvgIpc) is 3.34. The van der Waals surface area contributed by atoms with Crippen LogP contribution in [0.3, 0.4) is 0 Å². The molecule has 140 valence electrons. The quantitative estimate of drug-likeness (QED) is 0.697. The van der Waals surface area contributed by atoms with Gasteiger partial charge in [0.1, 0.15) is 18.0 Å². The van der Waals surface area contributed by atoms with Crippen LogP contribution in [0.15, 0.2) is 36.9 Å². The third-order valence-electron chi connectivity index (χ3n) is 5.80. The number of aromatic nitrogens is 5. The van der Waals surface area contributed by atoms with Gasteiger partial charge in [0, 0.05) is 61.9 Å². The number of nitrogens with zero attached hydrogens (tertiary/aromatic N) is 7. The van der Waals surface area contributed by atoms with E-state index in [0.29, 0.717) is 11.8 Å². The number of hydrogen-bond acceptors (Lipinski definition) is 6. The standard InChI is InChI=1S/C20H25N7/c1-20(2,3)16-8-19(23-13-22-16)26-11-14-9-25(10-15(14)12-26)18-5-4-17-21-6-7-27(17)24-18/h4-8,13-15H,9-12H2,1-3H3. The van der Waals surface area contributed by atoms with Crippen molar-refractivity contribution in [1.29, 1.82) is 0 Å². The second-order valence-electron chi connectivity index (χ2n) is 8.76. The molecule has 0 amide bonds. The van der Waals surface area contributed by atoms with Crippen LogP contribution >= 0.6 is 0 Å². The van der Waals surface area contributed by atoms with Gasteiger partial charge in [-0.25, -0.2) is 19.5 Å². The predicted molar refractivity (Wildman–Crippen MR) is 105 cm³/mol. The maximum atomic E-state index is 4.71. The van der Waals surface area contributed by atoms with Crippen molar-refractivity contribution in [2.24, 2.45) is 11.8 Å². The van der Waals surface area contributed by atoms with Gasteiger partial charge in [-0.15, -0.1) is 5.10 Å². The van der Waals surface area contributed by atoms with E-state index in [2.05, 4.69) is 57.7 Å². The summed E-state index contributed by atoms with van der Waals surface area (Å²) in [5, 5.41) is 4.71. The van der Waals surface area contributed by atoms with Gasteiger partial charge in [-0.2, -0.15) is 0 Å². The normalized spacial score (nSPS) is 22.6. The molecule has 3 aromatic heterocycles. The fourth-order valence-electron chi connectivity index (χ4n) is 4.27. The molecule has 2 fully saturated rings. The molecule has 2 unspecified atom stereocenters. The van der Waals surface area contributed by atoms with Crippen LogP contribution in [0.2, 0.25) is 0 Å². The van der Waals surface area contributed by atoms with E-state index in [1.54, 1.807) is 12.5 Å². The number of imidazole rings is 1. The fourth-order valence-corrected chi connectivity index (χ4v) is 4.27. The molecule has 0 aliphatic carbocycles. The Balaban J connectivity index is 1.31. The van der Waals surface area contributed by atoms with E-state index in [1.807, 2.05) is 16.8 Å². The average molecular weight is 363 g/mol. The molecule has 0 radical (unpaired) electrons. The van der Waals surface area contributed by atoms with Crippen molar-refractivity contribution < 1.29 is 0 Å². The largest absolute Gasteiger partial charge is 0.356 e. The van der Waals surface area contributed by atoms with Crippen molar-refractivity contribution in [3.8, 4) is 0 Å². The van der Waals surface area contributed by atoms with Gasteiger partial charge in [0.15, 0.2) is 5.65 Å². The summed E-state index contributed by atoms with van der Waals surface area (Å²) in [5.41, 5.74) is 2.04.